The summed E-state index contributed by atoms with van der Waals surface area (Å²) >= 11 is 0. The number of ether oxygens (including phenoxy) is 1. The van der Waals surface area contributed by atoms with E-state index in [-0.39, 0.29) is 28.3 Å². The zero-order chi connectivity index (χ0) is 17.0. The fourth-order valence-electron chi connectivity index (χ4n) is 9.02. The van der Waals surface area contributed by atoms with Gasteiger partial charge in [-0.25, -0.2) is 0 Å². The molecule has 0 amide bonds. The zero-order valence-electron chi connectivity index (χ0n) is 15.3. The Bertz CT molecular complexity index is 614. The Morgan fingerprint density at radius 2 is 1.83 bits per heavy atom. The summed E-state index contributed by atoms with van der Waals surface area (Å²) < 4.78 is 5.71. The number of aliphatic hydroxyl groups is 2. The first-order valence-electron chi connectivity index (χ1n) is 10.0. The minimum absolute atomic E-state index is 0.0584. The molecule has 8 atom stereocenters. The molecule has 0 saturated heterocycles. The van der Waals surface area contributed by atoms with Crippen LogP contribution in [0.3, 0.4) is 0 Å². The smallest absolute Gasteiger partial charge is 0.111 e. The van der Waals surface area contributed by atoms with Crippen molar-refractivity contribution in [1.82, 2.24) is 0 Å². The van der Waals surface area contributed by atoms with Gasteiger partial charge in [-0.2, -0.15) is 0 Å². The minimum atomic E-state index is -0.939. The van der Waals surface area contributed by atoms with Gasteiger partial charge in [-0.1, -0.05) is 33.1 Å². The Kier molecular flexibility index (Phi) is 2.88. The molecule has 2 N–H and O–H groups in total. The van der Waals surface area contributed by atoms with Crippen LogP contribution in [0.25, 0.3) is 0 Å². The average Bonchev–Trinajstić information content (AvgIpc) is 3.04. The van der Waals surface area contributed by atoms with Crippen molar-refractivity contribution in [3.05, 3.63) is 11.8 Å². The van der Waals surface area contributed by atoms with Gasteiger partial charge in [-0.3, -0.25) is 0 Å². The molecule has 5 aliphatic rings. The van der Waals surface area contributed by atoms with Crippen molar-refractivity contribution in [2.75, 3.05) is 7.11 Å². The second-order valence-electron chi connectivity index (χ2n) is 9.89. The molecule has 3 heteroatoms. The van der Waals surface area contributed by atoms with Crippen LogP contribution in [0, 0.1) is 34.0 Å². The maximum atomic E-state index is 12.1. The minimum Gasteiger partial charge on any atom is -0.512 e. The number of rotatable bonds is 1. The molecule has 0 radical (unpaired) electrons. The van der Waals surface area contributed by atoms with Crippen molar-refractivity contribution < 1.29 is 14.9 Å². The standard InChI is InChI=1S/C21H32O3/c1-18-10-11-20(17-15(22)12-16(24-3)21(17,18)23)9-8-13-6-4-5-7-14(13)19(18,20)2/h12-14,16-17,22-23H,4-11H2,1-3H3. The van der Waals surface area contributed by atoms with E-state index in [0.717, 1.165) is 18.8 Å². The largest absolute Gasteiger partial charge is 0.512 e. The Morgan fingerprint density at radius 3 is 2.58 bits per heavy atom. The fourth-order valence-corrected chi connectivity index (χ4v) is 9.02. The topological polar surface area (TPSA) is 49.7 Å². The van der Waals surface area contributed by atoms with Crippen LogP contribution in [0.15, 0.2) is 11.8 Å². The first-order valence-corrected chi connectivity index (χ1v) is 10.0. The number of fused-ring (bicyclic) bond motifs is 3. The van der Waals surface area contributed by atoms with Crippen LogP contribution in [0.5, 0.6) is 0 Å². The van der Waals surface area contributed by atoms with Crippen molar-refractivity contribution in [2.45, 2.75) is 76.9 Å². The predicted octanol–water partition coefficient (Wildman–Crippen LogP) is 4.21. The number of methoxy groups -OCH3 is 1. The van der Waals surface area contributed by atoms with Crippen molar-refractivity contribution in [3.63, 3.8) is 0 Å². The van der Waals surface area contributed by atoms with Crippen LogP contribution >= 0.6 is 0 Å². The van der Waals surface area contributed by atoms with E-state index in [9.17, 15) is 10.2 Å². The van der Waals surface area contributed by atoms with Crippen molar-refractivity contribution in [3.8, 4) is 0 Å². The Balaban J connectivity index is 1.73. The molecule has 134 valence electrons. The van der Waals surface area contributed by atoms with Gasteiger partial charge in [-0.15, -0.1) is 0 Å². The molecule has 0 spiro atoms. The first-order chi connectivity index (χ1) is 11.4. The lowest BCUT2D eigenvalue weighted by molar-refractivity contribution is -0.176. The van der Waals surface area contributed by atoms with E-state index >= 15 is 0 Å². The highest BCUT2D eigenvalue weighted by molar-refractivity contribution is 5.42. The SMILES string of the molecule is COC1C=C(O)C2C34CCC5CCCCC5C3(C)C(C)(CC4)C12O. The summed E-state index contributed by atoms with van der Waals surface area (Å²) in [5.41, 5.74) is -0.942. The van der Waals surface area contributed by atoms with E-state index in [1.54, 1.807) is 7.11 Å². The summed E-state index contributed by atoms with van der Waals surface area (Å²) in [7, 11) is 1.68. The lowest BCUT2D eigenvalue weighted by Crippen LogP contribution is -2.58. The third kappa shape index (κ3) is 1.26. The van der Waals surface area contributed by atoms with E-state index < -0.39 is 5.60 Å². The van der Waals surface area contributed by atoms with Crippen molar-refractivity contribution >= 4 is 0 Å². The van der Waals surface area contributed by atoms with Crippen LogP contribution in [-0.2, 0) is 4.74 Å². The van der Waals surface area contributed by atoms with Crippen LogP contribution < -0.4 is 0 Å². The molecule has 8 unspecified atom stereocenters. The van der Waals surface area contributed by atoms with E-state index in [0.29, 0.717) is 11.7 Å². The van der Waals surface area contributed by atoms with Gasteiger partial charge in [0.1, 0.15) is 11.7 Å². The maximum absolute atomic E-state index is 12.1. The highest BCUT2D eigenvalue weighted by Crippen LogP contribution is 2.86. The van der Waals surface area contributed by atoms with Crippen LogP contribution in [0.2, 0.25) is 0 Å². The summed E-state index contributed by atoms with van der Waals surface area (Å²) in [6.45, 7) is 4.81. The second-order valence-corrected chi connectivity index (χ2v) is 9.89. The number of hydrogen-bond donors (Lipinski definition) is 2. The van der Waals surface area contributed by atoms with Gasteiger partial charge in [0, 0.05) is 12.5 Å². The molecule has 24 heavy (non-hydrogen) atoms. The van der Waals surface area contributed by atoms with Gasteiger partial charge in [0.25, 0.3) is 0 Å². The molecule has 0 aromatic carbocycles. The lowest BCUT2D eigenvalue weighted by Gasteiger charge is -2.59. The van der Waals surface area contributed by atoms with Gasteiger partial charge in [0.15, 0.2) is 0 Å². The quantitative estimate of drug-likeness (QED) is 0.756. The summed E-state index contributed by atoms with van der Waals surface area (Å²) in [5, 5.41) is 22.9. The monoisotopic (exact) mass is 332 g/mol. The number of aliphatic hydroxyl groups excluding tert-OH is 1. The average molecular weight is 332 g/mol. The molecule has 5 rings (SSSR count). The fraction of sp³-hybridized carbons (Fsp3) is 0.905. The van der Waals surface area contributed by atoms with E-state index in [1.165, 1.54) is 38.5 Å². The third-order valence-electron chi connectivity index (χ3n) is 10.0. The van der Waals surface area contributed by atoms with Gasteiger partial charge in [-0.05, 0) is 60.8 Å². The Morgan fingerprint density at radius 1 is 1.08 bits per heavy atom. The summed E-state index contributed by atoms with van der Waals surface area (Å²) in [4.78, 5) is 0. The second kappa shape index (κ2) is 4.40. The third-order valence-corrected chi connectivity index (χ3v) is 10.0. The van der Waals surface area contributed by atoms with Gasteiger partial charge < -0.3 is 14.9 Å². The summed E-state index contributed by atoms with van der Waals surface area (Å²) in [6, 6.07) is 0. The first kappa shape index (κ1) is 15.7. The van der Waals surface area contributed by atoms with E-state index in [2.05, 4.69) is 13.8 Å². The maximum Gasteiger partial charge on any atom is 0.111 e. The summed E-state index contributed by atoms with van der Waals surface area (Å²) in [5.74, 6) is 1.81. The molecule has 0 aromatic heterocycles. The van der Waals surface area contributed by atoms with Crippen molar-refractivity contribution in [1.29, 1.82) is 0 Å². The molecule has 4 fully saturated rings. The van der Waals surface area contributed by atoms with Crippen LogP contribution in [0.4, 0.5) is 0 Å². The van der Waals surface area contributed by atoms with Gasteiger partial charge in [0.05, 0.1) is 11.7 Å². The van der Waals surface area contributed by atoms with Crippen LogP contribution in [-0.4, -0.2) is 29.0 Å². The molecule has 4 saturated carbocycles. The lowest BCUT2D eigenvalue weighted by atomic mass is 9.45. The molecular weight excluding hydrogens is 300 g/mol. The number of hydrogen-bond acceptors (Lipinski definition) is 3. The van der Waals surface area contributed by atoms with Crippen LogP contribution in [0.1, 0.15) is 65.2 Å². The zero-order valence-corrected chi connectivity index (χ0v) is 15.3. The van der Waals surface area contributed by atoms with E-state index in [1.807, 2.05) is 6.08 Å². The molecule has 2 bridgehead atoms. The molecule has 0 heterocycles. The molecule has 3 nitrogen and oxygen atoms in total. The molecule has 0 aromatic rings. The van der Waals surface area contributed by atoms with Gasteiger partial charge >= 0.3 is 0 Å². The molecule has 0 aliphatic heterocycles. The summed E-state index contributed by atoms with van der Waals surface area (Å²) in [6.07, 6.45) is 11.5. The highest BCUT2D eigenvalue weighted by Gasteiger charge is 2.86. The Hall–Kier alpha value is -0.540. The molecule has 5 aliphatic carbocycles. The van der Waals surface area contributed by atoms with Gasteiger partial charge in [0.2, 0.25) is 0 Å². The highest BCUT2D eigenvalue weighted by atomic mass is 16.5. The Labute approximate surface area is 145 Å². The molecular formula is C21H32O3. The van der Waals surface area contributed by atoms with E-state index in [4.69, 9.17) is 4.74 Å². The predicted molar refractivity (Wildman–Crippen MR) is 92.5 cm³/mol. The van der Waals surface area contributed by atoms with Crippen molar-refractivity contribution in [2.24, 2.45) is 34.0 Å². The normalized spacial score (nSPS) is 61.2.